The van der Waals surface area contributed by atoms with E-state index in [1.54, 1.807) is 36.2 Å². The first-order valence-electron chi connectivity index (χ1n) is 10.6. The van der Waals surface area contributed by atoms with Crippen LogP contribution in [-0.2, 0) is 12.3 Å². The van der Waals surface area contributed by atoms with E-state index < -0.39 is 0 Å². The SMILES string of the molecule is COc1ccc([C@@H]2Nc3ccccc3C(=O)N2Cc2ccco2)cc1CSc1ccccn1. The molecule has 0 saturated heterocycles. The van der Waals surface area contributed by atoms with Gasteiger partial charge in [0.25, 0.3) is 5.91 Å². The average molecular weight is 458 g/mol. The number of fused-ring (bicyclic) bond motifs is 1. The van der Waals surface area contributed by atoms with Crippen molar-refractivity contribution in [1.29, 1.82) is 0 Å². The molecule has 1 aliphatic rings. The van der Waals surface area contributed by atoms with Crippen molar-refractivity contribution in [2.45, 2.75) is 23.5 Å². The Balaban J connectivity index is 1.49. The van der Waals surface area contributed by atoms with E-state index in [4.69, 9.17) is 9.15 Å². The quantitative estimate of drug-likeness (QED) is 0.357. The van der Waals surface area contributed by atoms with Gasteiger partial charge in [-0.1, -0.05) is 24.3 Å². The number of pyridine rings is 1. The Hall–Kier alpha value is -3.71. The van der Waals surface area contributed by atoms with Gasteiger partial charge in [0.15, 0.2) is 0 Å². The van der Waals surface area contributed by atoms with Crippen molar-refractivity contribution >= 4 is 23.4 Å². The van der Waals surface area contributed by atoms with E-state index in [0.29, 0.717) is 17.9 Å². The lowest BCUT2D eigenvalue weighted by atomic mass is 10.0. The van der Waals surface area contributed by atoms with Crippen molar-refractivity contribution < 1.29 is 13.9 Å². The highest BCUT2D eigenvalue weighted by Gasteiger charge is 2.33. The third kappa shape index (κ3) is 4.45. The maximum atomic E-state index is 13.5. The van der Waals surface area contributed by atoms with Crippen LogP contribution < -0.4 is 10.1 Å². The van der Waals surface area contributed by atoms with Crippen molar-refractivity contribution in [3.05, 3.63) is 108 Å². The smallest absolute Gasteiger partial charge is 0.258 e. The molecule has 0 fully saturated rings. The van der Waals surface area contributed by atoms with Crippen molar-refractivity contribution in [1.82, 2.24) is 9.88 Å². The predicted octanol–water partition coefficient (Wildman–Crippen LogP) is 5.74. The molecule has 0 spiro atoms. The molecule has 0 aliphatic carbocycles. The number of benzene rings is 2. The molecule has 0 bridgehead atoms. The molecular weight excluding hydrogens is 434 g/mol. The van der Waals surface area contributed by atoms with Gasteiger partial charge in [-0.2, -0.15) is 0 Å². The molecule has 4 aromatic rings. The first-order valence-corrected chi connectivity index (χ1v) is 11.6. The Morgan fingerprint density at radius 2 is 1.97 bits per heavy atom. The van der Waals surface area contributed by atoms with E-state index in [9.17, 15) is 4.79 Å². The van der Waals surface area contributed by atoms with E-state index in [2.05, 4.69) is 16.4 Å². The van der Waals surface area contributed by atoms with E-state index in [1.165, 1.54) is 0 Å². The molecule has 7 heteroatoms. The Bertz CT molecular complexity index is 1240. The number of nitrogens with zero attached hydrogens (tertiary/aromatic N) is 2. The number of hydrogen-bond donors (Lipinski definition) is 1. The average Bonchev–Trinajstić information content (AvgIpc) is 3.38. The number of furan rings is 1. The molecule has 0 unspecified atom stereocenters. The minimum absolute atomic E-state index is 0.0361. The molecule has 2 aromatic heterocycles. The minimum Gasteiger partial charge on any atom is -0.496 e. The predicted molar refractivity (Wildman–Crippen MR) is 128 cm³/mol. The van der Waals surface area contributed by atoms with Crippen LogP contribution in [0.5, 0.6) is 5.75 Å². The molecule has 166 valence electrons. The summed E-state index contributed by atoms with van der Waals surface area (Å²) in [6.07, 6.45) is 3.07. The fourth-order valence-corrected chi connectivity index (χ4v) is 4.79. The second kappa shape index (κ2) is 9.42. The molecule has 0 saturated carbocycles. The second-order valence-electron chi connectivity index (χ2n) is 7.63. The Morgan fingerprint density at radius 1 is 1.09 bits per heavy atom. The number of amides is 1. The molecule has 6 nitrogen and oxygen atoms in total. The summed E-state index contributed by atoms with van der Waals surface area (Å²) >= 11 is 1.65. The Kier molecular flexibility index (Phi) is 6.04. The third-order valence-corrected chi connectivity index (χ3v) is 6.55. The zero-order chi connectivity index (χ0) is 22.6. The maximum Gasteiger partial charge on any atom is 0.258 e. The first kappa shape index (κ1) is 21.2. The van der Waals surface area contributed by atoms with Crippen molar-refractivity contribution in [3.63, 3.8) is 0 Å². The molecular formula is C26H23N3O3S. The van der Waals surface area contributed by atoms with Gasteiger partial charge in [-0.05, 0) is 54.1 Å². The molecule has 1 amide bonds. The number of thioether (sulfide) groups is 1. The van der Waals surface area contributed by atoms with Gasteiger partial charge in [0.2, 0.25) is 0 Å². The molecule has 0 radical (unpaired) electrons. The number of anilines is 1. The zero-order valence-corrected chi connectivity index (χ0v) is 18.9. The molecule has 33 heavy (non-hydrogen) atoms. The highest BCUT2D eigenvalue weighted by Crippen LogP contribution is 2.36. The number of nitrogens with one attached hydrogen (secondary N) is 1. The van der Waals surface area contributed by atoms with Crippen LogP contribution in [0.3, 0.4) is 0 Å². The topological polar surface area (TPSA) is 67.6 Å². The van der Waals surface area contributed by atoms with Crippen LogP contribution in [0.15, 0.2) is 94.7 Å². The standard InChI is InChI=1S/C26H23N3O3S/c1-31-23-12-11-18(15-19(23)17-33-24-10-4-5-13-27-24)25-28-22-9-3-2-8-21(22)26(30)29(25)16-20-7-6-14-32-20/h2-15,25,28H,16-17H2,1H3/t25-/m1/s1. The normalized spacial score (nSPS) is 15.1. The zero-order valence-electron chi connectivity index (χ0n) is 18.1. The summed E-state index contributed by atoms with van der Waals surface area (Å²) in [7, 11) is 1.67. The highest BCUT2D eigenvalue weighted by molar-refractivity contribution is 7.98. The summed E-state index contributed by atoms with van der Waals surface area (Å²) in [6.45, 7) is 0.363. The lowest BCUT2D eigenvalue weighted by Gasteiger charge is -2.38. The summed E-state index contributed by atoms with van der Waals surface area (Å²) in [5.41, 5.74) is 3.49. The summed E-state index contributed by atoms with van der Waals surface area (Å²) in [5.74, 6) is 2.20. The third-order valence-electron chi connectivity index (χ3n) is 5.56. The fraction of sp³-hybridized carbons (Fsp3) is 0.154. The molecule has 1 aliphatic heterocycles. The summed E-state index contributed by atoms with van der Waals surface area (Å²) < 4.78 is 11.2. The maximum absolute atomic E-state index is 13.5. The lowest BCUT2D eigenvalue weighted by molar-refractivity contribution is 0.0651. The van der Waals surface area contributed by atoms with Gasteiger partial charge in [0.1, 0.15) is 17.7 Å². The van der Waals surface area contributed by atoms with E-state index >= 15 is 0 Å². The van der Waals surface area contributed by atoms with Crippen LogP contribution in [0.4, 0.5) is 5.69 Å². The number of aromatic nitrogens is 1. The van der Waals surface area contributed by atoms with Crippen LogP contribution in [-0.4, -0.2) is 22.9 Å². The van der Waals surface area contributed by atoms with E-state index in [1.807, 2.05) is 66.7 Å². The number of para-hydroxylation sites is 1. The Morgan fingerprint density at radius 3 is 2.76 bits per heavy atom. The van der Waals surface area contributed by atoms with Gasteiger partial charge in [0, 0.05) is 23.2 Å². The second-order valence-corrected chi connectivity index (χ2v) is 8.63. The molecule has 3 heterocycles. The Labute approximate surface area is 196 Å². The number of rotatable bonds is 7. The number of ether oxygens (including phenoxy) is 1. The molecule has 2 aromatic carbocycles. The minimum atomic E-state index is -0.345. The summed E-state index contributed by atoms with van der Waals surface area (Å²) in [5, 5.41) is 4.50. The van der Waals surface area contributed by atoms with E-state index in [0.717, 1.165) is 33.4 Å². The lowest BCUT2D eigenvalue weighted by Crippen LogP contribution is -2.42. The summed E-state index contributed by atoms with van der Waals surface area (Å²) in [4.78, 5) is 19.7. The highest BCUT2D eigenvalue weighted by atomic mass is 32.2. The van der Waals surface area contributed by atoms with Gasteiger partial charge in [-0.3, -0.25) is 4.79 Å². The summed E-state index contributed by atoms with van der Waals surface area (Å²) in [6, 6.07) is 23.2. The van der Waals surface area contributed by atoms with Gasteiger partial charge < -0.3 is 19.4 Å². The van der Waals surface area contributed by atoms with Crippen molar-refractivity contribution in [2.24, 2.45) is 0 Å². The number of carbonyl (C=O) groups is 1. The first-order chi connectivity index (χ1) is 16.2. The van der Waals surface area contributed by atoms with Crippen LogP contribution in [0.2, 0.25) is 0 Å². The van der Waals surface area contributed by atoms with Gasteiger partial charge >= 0.3 is 0 Å². The van der Waals surface area contributed by atoms with Gasteiger partial charge in [-0.25, -0.2) is 4.98 Å². The van der Waals surface area contributed by atoms with Crippen molar-refractivity contribution in [2.75, 3.05) is 12.4 Å². The fourth-order valence-electron chi connectivity index (χ4n) is 3.96. The molecule has 5 rings (SSSR count). The van der Waals surface area contributed by atoms with Crippen LogP contribution in [0.1, 0.15) is 33.4 Å². The number of hydrogen-bond acceptors (Lipinski definition) is 6. The molecule has 1 N–H and O–H groups in total. The van der Waals surface area contributed by atoms with Crippen molar-refractivity contribution in [3.8, 4) is 5.75 Å². The monoisotopic (exact) mass is 457 g/mol. The van der Waals surface area contributed by atoms with Crippen LogP contribution >= 0.6 is 11.8 Å². The van der Waals surface area contributed by atoms with E-state index in [-0.39, 0.29) is 12.1 Å². The van der Waals surface area contributed by atoms with Gasteiger partial charge in [0.05, 0.1) is 30.5 Å². The largest absolute Gasteiger partial charge is 0.496 e. The van der Waals surface area contributed by atoms with Crippen LogP contribution in [0, 0.1) is 0 Å². The number of carbonyl (C=O) groups excluding carboxylic acids is 1. The van der Waals surface area contributed by atoms with Crippen LogP contribution in [0.25, 0.3) is 0 Å². The van der Waals surface area contributed by atoms with Gasteiger partial charge in [-0.15, -0.1) is 11.8 Å². The molecule has 1 atom stereocenters. The number of methoxy groups -OCH3 is 1.